The number of aryl methyl sites for hydroxylation is 1. The molecule has 1 aromatic carbocycles. The Morgan fingerprint density at radius 3 is 2.44 bits per heavy atom. The third-order valence-electron chi connectivity index (χ3n) is 2.77. The lowest BCUT2D eigenvalue weighted by Gasteiger charge is -2.09. The van der Waals surface area contributed by atoms with Crippen LogP contribution in [0.4, 0.5) is 0 Å². The zero-order valence-electron chi connectivity index (χ0n) is 11.4. The van der Waals surface area contributed by atoms with Gasteiger partial charge in [-0.15, -0.1) is 0 Å². The van der Waals surface area contributed by atoms with Crippen molar-refractivity contribution < 1.29 is 9.90 Å². The van der Waals surface area contributed by atoms with E-state index >= 15 is 0 Å². The summed E-state index contributed by atoms with van der Waals surface area (Å²) in [5.41, 5.74) is 1.94. The maximum absolute atomic E-state index is 11.6. The predicted molar refractivity (Wildman–Crippen MR) is 74.4 cm³/mol. The molecule has 0 aliphatic rings. The molecule has 0 bridgehead atoms. The van der Waals surface area contributed by atoms with Crippen molar-refractivity contribution in [1.82, 2.24) is 0 Å². The molecule has 0 fully saturated rings. The molecule has 0 saturated carbocycles. The Balaban J connectivity index is 2.49. The van der Waals surface area contributed by atoms with Gasteiger partial charge in [0.05, 0.1) is 6.10 Å². The highest BCUT2D eigenvalue weighted by Gasteiger charge is 2.10. The molecule has 2 nitrogen and oxygen atoms in total. The zero-order valence-corrected chi connectivity index (χ0v) is 11.4. The molecule has 0 spiro atoms. The van der Waals surface area contributed by atoms with Gasteiger partial charge in [0.2, 0.25) is 0 Å². The molecule has 0 aliphatic heterocycles. The highest BCUT2D eigenvalue weighted by Crippen LogP contribution is 2.17. The molecular formula is C16H22O2. The standard InChI is InChI=1S/C16H22O2/c1-12(2)5-4-6-15(17)11-16(18)14-9-7-13(3)8-10-14/h4,6-10,12,16,18H,5,11H2,1-3H3/b6-4+. The molecule has 0 heterocycles. The Morgan fingerprint density at radius 1 is 1.28 bits per heavy atom. The molecule has 1 N–H and O–H groups in total. The summed E-state index contributed by atoms with van der Waals surface area (Å²) < 4.78 is 0. The van der Waals surface area contributed by atoms with Gasteiger partial charge in [0.15, 0.2) is 5.78 Å². The van der Waals surface area contributed by atoms with E-state index < -0.39 is 6.10 Å². The molecule has 0 aliphatic carbocycles. The highest BCUT2D eigenvalue weighted by molar-refractivity contribution is 5.90. The van der Waals surface area contributed by atoms with E-state index in [9.17, 15) is 9.90 Å². The minimum atomic E-state index is -0.707. The summed E-state index contributed by atoms with van der Waals surface area (Å²) in [5, 5.41) is 9.94. The van der Waals surface area contributed by atoms with Crippen molar-refractivity contribution in [2.45, 2.75) is 39.7 Å². The number of allylic oxidation sites excluding steroid dienone is 2. The van der Waals surface area contributed by atoms with Gasteiger partial charge in [0.1, 0.15) is 0 Å². The first-order valence-corrected chi connectivity index (χ1v) is 6.43. The van der Waals surface area contributed by atoms with E-state index in [4.69, 9.17) is 0 Å². The number of aliphatic hydroxyl groups is 1. The minimum absolute atomic E-state index is 0.0243. The van der Waals surface area contributed by atoms with Crippen LogP contribution in [0, 0.1) is 12.8 Å². The second-order valence-corrected chi connectivity index (χ2v) is 5.13. The number of benzene rings is 1. The van der Waals surface area contributed by atoms with E-state index in [0.717, 1.165) is 17.5 Å². The Labute approximate surface area is 109 Å². The minimum Gasteiger partial charge on any atom is -0.388 e. The van der Waals surface area contributed by atoms with Crippen molar-refractivity contribution >= 4 is 5.78 Å². The first-order chi connectivity index (χ1) is 8.49. The van der Waals surface area contributed by atoms with Crippen LogP contribution >= 0.6 is 0 Å². The first kappa shape index (κ1) is 14.7. The van der Waals surface area contributed by atoms with E-state index in [1.54, 1.807) is 6.08 Å². The van der Waals surface area contributed by atoms with Gasteiger partial charge in [0, 0.05) is 6.42 Å². The van der Waals surface area contributed by atoms with Gasteiger partial charge in [-0.2, -0.15) is 0 Å². The molecule has 98 valence electrons. The number of aliphatic hydroxyl groups excluding tert-OH is 1. The summed E-state index contributed by atoms with van der Waals surface area (Å²) in [6.07, 6.45) is 3.80. The summed E-state index contributed by atoms with van der Waals surface area (Å²) in [5.74, 6) is 0.528. The van der Waals surface area contributed by atoms with Crippen LogP contribution in [-0.4, -0.2) is 10.9 Å². The topological polar surface area (TPSA) is 37.3 Å². The van der Waals surface area contributed by atoms with Crippen molar-refractivity contribution in [3.8, 4) is 0 Å². The Kier molecular flexibility index (Phi) is 5.79. The van der Waals surface area contributed by atoms with E-state index in [1.807, 2.05) is 37.3 Å². The quantitative estimate of drug-likeness (QED) is 0.779. The van der Waals surface area contributed by atoms with E-state index in [-0.39, 0.29) is 12.2 Å². The predicted octanol–water partition coefficient (Wildman–Crippen LogP) is 3.59. The number of hydrogen-bond donors (Lipinski definition) is 1. The smallest absolute Gasteiger partial charge is 0.158 e. The van der Waals surface area contributed by atoms with Gasteiger partial charge in [-0.1, -0.05) is 49.8 Å². The zero-order chi connectivity index (χ0) is 13.5. The largest absolute Gasteiger partial charge is 0.388 e. The molecule has 2 heteroatoms. The molecule has 1 unspecified atom stereocenters. The average Bonchev–Trinajstić information content (AvgIpc) is 2.29. The summed E-state index contributed by atoms with van der Waals surface area (Å²) in [7, 11) is 0. The second kappa shape index (κ2) is 7.12. The lowest BCUT2D eigenvalue weighted by molar-refractivity contribution is -0.116. The first-order valence-electron chi connectivity index (χ1n) is 6.43. The highest BCUT2D eigenvalue weighted by atomic mass is 16.3. The normalized spacial score (nSPS) is 13.2. The Hall–Kier alpha value is -1.41. The maximum Gasteiger partial charge on any atom is 0.158 e. The molecule has 0 aromatic heterocycles. The van der Waals surface area contributed by atoms with Gasteiger partial charge < -0.3 is 5.11 Å². The molecule has 1 atom stereocenters. The Morgan fingerprint density at radius 2 is 1.89 bits per heavy atom. The van der Waals surface area contributed by atoms with E-state index in [0.29, 0.717) is 5.92 Å². The van der Waals surface area contributed by atoms with Gasteiger partial charge >= 0.3 is 0 Å². The average molecular weight is 246 g/mol. The van der Waals surface area contributed by atoms with Crippen LogP contribution in [0.1, 0.15) is 43.9 Å². The molecule has 1 rings (SSSR count). The molecule has 18 heavy (non-hydrogen) atoms. The van der Waals surface area contributed by atoms with Crippen molar-refractivity contribution in [1.29, 1.82) is 0 Å². The fraction of sp³-hybridized carbons (Fsp3) is 0.438. The fourth-order valence-electron chi connectivity index (χ4n) is 1.64. The van der Waals surface area contributed by atoms with Crippen molar-refractivity contribution in [3.63, 3.8) is 0 Å². The van der Waals surface area contributed by atoms with Crippen LogP contribution < -0.4 is 0 Å². The molecule has 0 saturated heterocycles. The second-order valence-electron chi connectivity index (χ2n) is 5.13. The summed E-state index contributed by atoms with van der Waals surface area (Å²) in [4.78, 5) is 11.6. The van der Waals surface area contributed by atoms with Crippen LogP contribution in [0.25, 0.3) is 0 Å². The van der Waals surface area contributed by atoms with Gasteiger partial charge in [-0.25, -0.2) is 0 Å². The van der Waals surface area contributed by atoms with Crippen LogP contribution in [-0.2, 0) is 4.79 Å². The number of carbonyl (C=O) groups excluding carboxylic acids is 1. The molecule has 0 radical (unpaired) electrons. The maximum atomic E-state index is 11.6. The third kappa shape index (κ3) is 5.28. The fourth-order valence-corrected chi connectivity index (χ4v) is 1.64. The van der Waals surface area contributed by atoms with Gasteiger partial charge in [0.25, 0.3) is 0 Å². The number of hydrogen-bond acceptors (Lipinski definition) is 2. The Bertz CT molecular complexity index is 402. The molecular weight excluding hydrogens is 224 g/mol. The summed E-state index contributed by atoms with van der Waals surface area (Å²) in [6.45, 7) is 6.21. The van der Waals surface area contributed by atoms with Crippen LogP contribution in [0.2, 0.25) is 0 Å². The van der Waals surface area contributed by atoms with Crippen LogP contribution in [0.5, 0.6) is 0 Å². The number of ketones is 1. The monoisotopic (exact) mass is 246 g/mol. The van der Waals surface area contributed by atoms with Gasteiger partial charge in [-0.05, 0) is 30.9 Å². The van der Waals surface area contributed by atoms with Crippen molar-refractivity contribution in [3.05, 3.63) is 47.5 Å². The summed E-state index contributed by atoms with van der Waals surface area (Å²) >= 11 is 0. The lowest BCUT2D eigenvalue weighted by atomic mass is 10.0. The van der Waals surface area contributed by atoms with Crippen molar-refractivity contribution in [2.24, 2.45) is 5.92 Å². The SMILES string of the molecule is Cc1ccc(C(O)CC(=O)/C=C/CC(C)C)cc1. The number of rotatable bonds is 6. The van der Waals surface area contributed by atoms with Crippen LogP contribution in [0.3, 0.4) is 0 Å². The lowest BCUT2D eigenvalue weighted by Crippen LogP contribution is -2.04. The van der Waals surface area contributed by atoms with Gasteiger partial charge in [-0.3, -0.25) is 4.79 Å². The van der Waals surface area contributed by atoms with E-state index in [2.05, 4.69) is 13.8 Å². The van der Waals surface area contributed by atoms with E-state index in [1.165, 1.54) is 0 Å². The summed E-state index contributed by atoms with van der Waals surface area (Å²) in [6, 6.07) is 7.62. The van der Waals surface area contributed by atoms with Crippen LogP contribution in [0.15, 0.2) is 36.4 Å². The number of carbonyl (C=O) groups is 1. The van der Waals surface area contributed by atoms with Crippen molar-refractivity contribution in [2.75, 3.05) is 0 Å². The third-order valence-corrected chi connectivity index (χ3v) is 2.77. The molecule has 1 aromatic rings. The molecule has 0 amide bonds.